The summed E-state index contributed by atoms with van der Waals surface area (Å²) in [4.78, 5) is 39.6. The van der Waals surface area contributed by atoms with Crippen molar-refractivity contribution in [1.29, 1.82) is 0 Å². The topological polar surface area (TPSA) is 116 Å². The second-order valence-electron chi connectivity index (χ2n) is 6.42. The molecule has 0 fully saturated rings. The minimum atomic E-state index is -0.742. The van der Waals surface area contributed by atoms with E-state index in [-0.39, 0.29) is 5.69 Å². The van der Waals surface area contributed by atoms with E-state index in [0.717, 1.165) is 0 Å². The molecule has 0 atom stereocenters. The van der Waals surface area contributed by atoms with Crippen molar-refractivity contribution in [1.82, 2.24) is 4.98 Å². The van der Waals surface area contributed by atoms with Crippen LogP contribution in [0.15, 0.2) is 16.6 Å². The Kier molecular flexibility index (Phi) is 6.66. The quantitative estimate of drug-likeness (QED) is 0.610. The van der Waals surface area contributed by atoms with Gasteiger partial charge in [-0.3, -0.25) is 4.79 Å². The van der Waals surface area contributed by atoms with Crippen LogP contribution in [0.5, 0.6) is 11.5 Å². The molecule has 0 unspecified atom stereocenters. The maximum atomic E-state index is 12.4. The number of halogens is 1. The number of aromatic nitrogens is 1. The Hall–Kier alpha value is -3.01. The molecule has 3 rings (SSSR count). The molecular formula is C20H21BrN2O7. The van der Waals surface area contributed by atoms with Gasteiger partial charge in [0.1, 0.15) is 18.9 Å². The van der Waals surface area contributed by atoms with Crippen molar-refractivity contribution in [3.63, 3.8) is 0 Å². The zero-order chi connectivity index (χ0) is 21.8. The molecule has 2 N–H and O–H groups in total. The minimum Gasteiger partial charge on any atom is -0.486 e. The normalized spacial score (nSPS) is 12.3. The monoisotopic (exact) mass is 480 g/mol. The summed E-state index contributed by atoms with van der Waals surface area (Å²) in [7, 11) is 1.27. The molecule has 10 heteroatoms. The highest BCUT2D eigenvalue weighted by atomic mass is 79.9. The van der Waals surface area contributed by atoms with Gasteiger partial charge in [-0.25, -0.2) is 9.59 Å². The first-order valence-corrected chi connectivity index (χ1v) is 10.0. The first-order chi connectivity index (χ1) is 14.3. The zero-order valence-corrected chi connectivity index (χ0v) is 18.3. The molecule has 2 aromatic rings. The molecule has 1 aromatic carbocycles. The molecule has 0 aliphatic carbocycles. The summed E-state index contributed by atoms with van der Waals surface area (Å²) >= 11 is 3.36. The molecule has 0 saturated heterocycles. The number of aryl methyl sites for hydroxylation is 1. The van der Waals surface area contributed by atoms with Crippen LogP contribution < -0.4 is 14.8 Å². The molecule has 1 aliphatic heterocycles. The van der Waals surface area contributed by atoms with Gasteiger partial charge in [-0.2, -0.15) is 0 Å². The van der Waals surface area contributed by atoms with Crippen LogP contribution in [0, 0.1) is 6.92 Å². The van der Waals surface area contributed by atoms with E-state index in [1.54, 1.807) is 19.1 Å². The van der Waals surface area contributed by atoms with Crippen molar-refractivity contribution < 1.29 is 33.3 Å². The smallest absolute Gasteiger partial charge is 0.355 e. The molecule has 160 valence electrons. The molecule has 1 aromatic heterocycles. The van der Waals surface area contributed by atoms with Crippen LogP contribution in [-0.2, 0) is 20.7 Å². The van der Waals surface area contributed by atoms with Gasteiger partial charge in [-0.05, 0) is 34.8 Å². The number of amides is 1. The summed E-state index contributed by atoms with van der Waals surface area (Å²) < 4.78 is 21.5. The van der Waals surface area contributed by atoms with Crippen LogP contribution in [0.2, 0.25) is 0 Å². The number of H-pyrrole nitrogens is 1. The van der Waals surface area contributed by atoms with Crippen molar-refractivity contribution in [3.8, 4) is 11.5 Å². The first kappa shape index (κ1) is 21.7. The third kappa shape index (κ3) is 4.43. The second kappa shape index (κ2) is 9.21. The minimum absolute atomic E-state index is 0.112. The van der Waals surface area contributed by atoms with Gasteiger partial charge in [0.05, 0.1) is 18.4 Å². The Balaban J connectivity index is 1.66. The van der Waals surface area contributed by atoms with Crippen LogP contribution in [0.25, 0.3) is 0 Å². The highest BCUT2D eigenvalue weighted by Crippen LogP contribution is 2.38. The molecule has 2 heterocycles. The molecule has 1 amide bonds. The molecule has 0 bridgehead atoms. The highest BCUT2D eigenvalue weighted by Gasteiger charge is 2.25. The fourth-order valence-electron chi connectivity index (χ4n) is 3.06. The fraction of sp³-hybridized carbons (Fsp3) is 0.350. The third-order valence-corrected chi connectivity index (χ3v) is 5.17. The van der Waals surface area contributed by atoms with Crippen molar-refractivity contribution in [2.45, 2.75) is 20.3 Å². The number of aromatic amines is 1. The van der Waals surface area contributed by atoms with Crippen molar-refractivity contribution >= 4 is 39.5 Å². The van der Waals surface area contributed by atoms with E-state index in [4.69, 9.17) is 18.9 Å². The van der Waals surface area contributed by atoms with Gasteiger partial charge in [0, 0.05) is 22.3 Å². The number of anilines is 1. The first-order valence-electron chi connectivity index (χ1n) is 9.21. The Morgan fingerprint density at radius 1 is 1.17 bits per heavy atom. The lowest BCUT2D eigenvalue weighted by molar-refractivity contribution is -0.119. The number of hydrogen-bond acceptors (Lipinski definition) is 7. The Bertz CT molecular complexity index is 1000. The number of nitrogens with one attached hydrogen (secondary N) is 2. The van der Waals surface area contributed by atoms with Gasteiger partial charge in [0.25, 0.3) is 5.91 Å². The molecule has 1 aliphatic rings. The Morgan fingerprint density at radius 2 is 1.83 bits per heavy atom. The van der Waals surface area contributed by atoms with Gasteiger partial charge in [0.15, 0.2) is 18.1 Å². The summed E-state index contributed by atoms with van der Waals surface area (Å²) in [5, 5.41) is 2.65. The molecular weight excluding hydrogens is 460 g/mol. The van der Waals surface area contributed by atoms with E-state index in [0.29, 0.717) is 58.1 Å². The number of hydrogen-bond donors (Lipinski definition) is 2. The number of esters is 2. The lowest BCUT2D eigenvalue weighted by Crippen LogP contribution is -2.22. The van der Waals surface area contributed by atoms with E-state index in [2.05, 4.69) is 26.2 Å². The Labute approximate surface area is 181 Å². The SMILES string of the molecule is CCc1[nH]c(C(=O)OCC(=O)Nc2cc3c(cc2Br)OCCO3)c(C)c1C(=O)OC. The lowest BCUT2D eigenvalue weighted by Gasteiger charge is -2.20. The summed E-state index contributed by atoms with van der Waals surface area (Å²) in [5.41, 5.74) is 1.85. The fourth-order valence-corrected chi connectivity index (χ4v) is 3.48. The molecule has 0 radical (unpaired) electrons. The van der Waals surface area contributed by atoms with Gasteiger partial charge in [0.2, 0.25) is 0 Å². The highest BCUT2D eigenvalue weighted by molar-refractivity contribution is 9.10. The summed E-state index contributed by atoms with van der Waals surface area (Å²) in [6, 6.07) is 3.32. The molecule has 0 spiro atoms. The number of rotatable bonds is 6. The van der Waals surface area contributed by atoms with Crippen LogP contribution in [0.4, 0.5) is 5.69 Å². The van der Waals surface area contributed by atoms with Crippen molar-refractivity contribution in [2.24, 2.45) is 0 Å². The van der Waals surface area contributed by atoms with E-state index in [9.17, 15) is 14.4 Å². The predicted molar refractivity (Wildman–Crippen MR) is 110 cm³/mol. The number of carbonyl (C=O) groups is 3. The number of benzene rings is 1. The lowest BCUT2D eigenvalue weighted by atomic mass is 10.1. The number of methoxy groups -OCH3 is 1. The summed E-state index contributed by atoms with van der Waals surface area (Å²) in [5.74, 6) is -0.725. The zero-order valence-electron chi connectivity index (χ0n) is 16.7. The molecule has 9 nitrogen and oxygen atoms in total. The third-order valence-electron chi connectivity index (χ3n) is 4.52. The van der Waals surface area contributed by atoms with Gasteiger partial charge in [-0.15, -0.1) is 0 Å². The van der Waals surface area contributed by atoms with Crippen LogP contribution in [0.3, 0.4) is 0 Å². The summed E-state index contributed by atoms with van der Waals surface area (Å²) in [6.45, 7) is 3.82. The van der Waals surface area contributed by atoms with Gasteiger partial charge < -0.3 is 29.2 Å². The van der Waals surface area contributed by atoms with Crippen LogP contribution >= 0.6 is 15.9 Å². The molecule has 30 heavy (non-hydrogen) atoms. The maximum Gasteiger partial charge on any atom is 0.355 e. The van der Waals surface area contributed by atoms with E-state index < -0.39 is 24.5 Å². The maximum absolute atomic E-state index is 12.4. The number of fused-ring (bicyclic) bond motifs is 1. The van der Waals surface area contributed by atoms with Crippen LogP contribution in [-0.4, -0.2) is 49.8 Å². The Morgan fingerprint density at radius 3 is 2.47 bits per heavy atom. The second-order valence-corrected chi connectivity index (χ2v) is 7.28. The average Bonchev–Trinajstić information content (AvgIpc) is 3.08. The largest absolute Gasteiger partial charge is 0.486 e. The summed E-state index contributed by atoms with van der Waals surface area (Å²) in [6.07, 6.45) is 0.497. The molecule has 0 saturated carbocycles. The van der Waals surface area contributed by atoms with E-state index in [1.807, 2.05) is 6.92 Å². The predicted octanol–water partition coefficient (Wildman–Crippen LogP) is 3.00. The average molecular weight is 481 g/mol. The van der Waals surface area contributed by atoms with Crippen molar-refractivity contribution in [3.05, 3.63) is 39.1 Å². The standard InChI is InChI=1S/C20H21BrN2O7/c1-4-12-17(19(25)27-3)10(2)18(23-12)20(26)30-9-16(24)22-13-8-15-14(7-11(13)21)28-5-6-29-15/h7-8,23H,4-6,9H2,1-3H3,(H,22,24). The van der Waals surface area contributed by atoms with Crippen LogP contribution in [0.1, 0.15) is 39.0 Å². The van der Waals surface area contributed by atoms with Gasteiger partial charge in [-0.1, -0.05) is 6.92 Å². The van der Waals surface area contributed by atoms with E-state index in [1.165, 1.54) is 7.11 Å². The van der Waals surface area contributed by atoms with Crippen molar-refractivity contribution in [2.75, 3.05) is 32.2 Å². The number of carbonyl (C=O) groups excluding carboxylic acids is 3. The van der Waals surface area contributed by atoms with Gasteiger partial charge >= 0.3 is 11.9 Å². The van der Waals surface area contributed by atoms with E-state index >= 15 is 0 Å². The number of ether oxygens (including phenoxy) is 4.